The first kappa shape index (κ1) is 16.0. The van der Waals surface area contributed by atoms with Gasteiger partial charge in [0, 0.05) is 18.7 Å². The Hall–Kier alpha value is -1.33. The van der Waals surface area contributed by atoms with Crippen LogP contribution in [0, 0.1) is 11.6 Å². The van der Waals surface area contributed by atoms with E-state index in [0.29, 0.717) is 6.04 Å². The van der Waals surface area contributed by atoms with Crippen LogP contribution in [0.5, 0.6) is 0 Å². The van der Waals surface area contributed by atoms with Crippen molar-refractivity contribution in [1.29, 1.82) is 0 Å². The number of likely N-dealkylation sites (tertiary alicyclic amines) is 1. The van der Waals surface area contributed by atoms with Gasteiger partial charge in [-0.25, -0.2) is 8.78 Å². The van der Waals surface area contributed by atoms with Gasteiger partial charge in [-0.2, -0.15) is 0 Å². The molecule has 0 bridgehead atoms. The third-order valence-corrected chi connectivity index (χ3v) is 4.28. The molecule has 0 amide bonds. The van der Waals surface area contributed by atoms with Gasteiger partial charge in [-0.05, 0) is 52.5 Å². The van der Waals surface area contributed by atoms with Gasteiger partial charge in [0.15, 0.2) is 5.78 Å². The smallest absolute Gasteiger partial charge is 0.182 e. The predicted molar refractivity (Wildman–Crippen MR) is 78.4 cm³/mol. The monoisotopic (exact) mass is 296 g/mol. The van der Waals surface area contributed by atoms with Crippen molar-refractivity contribution in [2.75, 3.05) is 27.2 Å². The summed E-state index contributed by atoms with van der Waals surface area (Å²) in [4.78, 5) is 16.7. The maximum absolute atomic E-state index is 13.7. The van der Waals surface area contributed by atoms with Gasteiger partial charge in [-0.1, -0.05) is 0 Å². The van der Waals surface area contributed by atoms with Gasteiger partial charge >= 0.3 is 0 Å². The van der Waals surface area contributed by atoms with E-state index in [0.717, 1.165) is 38.1 Å². The number of carbonyl (C=O) groups is 1. The number of nitrogens with zero attached hydrogens (tertiary/aromatic N) is 2. The fourth-order valence-electron chi connectivity index (χ4n) is 2.84. The van der Waals surface area contributed by atoms with Crippen LogP contribution < -0.4 is 0 Å². The number of hydrogen-bond acceptors (Lipinski definition) is 3. The van der Waals surface area contributed by atoms with Gasteiger partial charge in [0.05, 0.1) is 11.6 Å². The number of piperidine rings is 1. The van der Waals surface area contributed by atoms with E-state index in [1.807, 2.05) is 14.1 Å². The highest BCUT2D eigenvalue weighted by molar-refractivity contribution is 6.00. The number of rotatable bonds is 4. The fraction of sp³-hybridized carbons (Fsp3) is 0.562. The van der Waals surface area contributed by atoms with Crippen LogP contribution in [0.4, 0.5) is 8.78 Å². The van der Waals surface area contributed by atoms with E-state index in [9.17, 15) is 13.6 Å². The molecule has 1 aromatic rings. The van der Waals surface area contributed by atoms with Crippen molar-refractivity contribution in [3.8, 4) is 0 Å². The first-order chi connectivity index (χ1) is 9.90. The molecule has 1 aromatic carbocycles. The van der Waals surface area contributed by atoms with Crippen molar-refractivity contribution in [3.63, 3.8) is 0 Å². The summed E-state index contributed by atoms with van der Waals surface area (Å²) in [5.74, 6) is -1.73. The lowest BCUT2D eigenvalue weighted by molar-refractivity contribution is 0.0695. The van der Waals surface area contributed by atoms with Crippen molar-refractivity contribution in [1.82, 2.24) is 9.80 Å². The Morgan fingerprint density at radius 2 is 2.10 bits per heavy atom. The van der Waals surface area contributed by atoms with E-state index in [1.54, 1.807) is 6.92 Å². The molecule has 1 fully saturated rings. The molecule has 2 unspecified atom stereocenters. The Morgan fingerprint density at radius 1 is 1.38 bits per heavy atom. The highest BCUT2D eigenvalue weighted by Crippen LogP contribution is 2.20. The zero-order valence-electron chi connectivity index (χ0n) is 12.8. The van der Waals surface area contributed by atoms with Crippen LogP contribution >= 0.6 is 0 Å². The van der Waals surface area contributed by atoms with Crippen LogP contribution in [0.2, 0.25) is 0 Å². The van der Waals surface area contributed by atoms with Crippen molar-refractivity contribution in [3.05, 3.63) is 35.4 Å². The lowest BCUT2D eigenvalue weighted by atomic mass is 9.98. The molecule has 0 aliphatic carbocycles. The first-order valence-electron chi connectivity index (χ1n) is 7.30. The predicted octanol–water partition coefficient (Wildman–Crippen LogP) is 2.56. The quantitative estimate of drug-likeness (QED) is 0.798. The second-order valence-corrected chi connectivity index (χ2v) is 5.92. The van der Waals surface area contributed by atoms with Crippen LogP contribution in [0.1, 0.15) is 30.1 Å². The zero-order chi connectivity index (χ0) is 15.6. The minimum Gasteiger partial charge on any atom is -0.305 e. The summed E-state index contributed by atoms with van der Waals surface area (Å²) in [6, 6.07) is 3.14. The van der Waals surface area contributed by atoms with Crippen LogP contribution in [0.3, 0.4) is 0 Å². The minimum atomic E-state index is -0.784. The number of ketones is 1. The van der Waals surface area contributed by atoms with Gasteiger partial charge in [0.2, 0.25) is 0 Å². The molecule has 0 radical (unpaired) electrons. The van der Waals surface area contributed by atoms with Crippen LogP contribution in [0.15, 0.2) is 18.2 Å². The Morgan fingerprint density at radius 3 is 2.71 bits per heavy atom. The van der Waals surface area contributed by atoms with Gasteiger partial charge in [0.1, 0.15) is 11.6 Å². The molecule has 3 nitrogen and oxygen atoms in total. The Balaban J connectivity index is 2.11. The maximum Gasteiger partial charge on any atom is 0.182 e. The van der Waals surface area contributed by atoms with Crippen molar-refractivity contribution in [2.45, 2.75) is 31.8 Å². The summed E-state index contributed by atoms with van der Waals surface area (Å²) in [6.07, 6.45) is 2.13. The Labute approximate surface area is 124 Å². The standard InChI is InChI=1S/C16H22F2N2O/c1-11(20-8-4-5-13(10-20)19(2)3)16(21)14-7-6-12(17)9-15(14)18/h6-7,9,11,13H,4-5,8,10H2,1-3H3. The van der Waals surface area contributed by atoms with Crippen molar-refractivity contribution >= 4 is 5.78 Å². The number of likely N-dealkylation sites (N-methyl/N-ethyl adjacent to an activating group) is 1. The molecular formula is C16H22F2N2O. The Bertz CT molecular complexity index is 519. The summed E-state index contributed by atoms with van der Waals surface area (Å²) in [5.41, 5.74) is -0.0316. The highest BCUT2D eigenvalue weighted by atomic mass is 19.1. The number of Topliss-reactive ketones (excluding diaryl/α,β-unsaturated/α-hetero) is 1. The van der Waals surface area contributed by atoms with E-state index >= 15 is 0 Å². The highest BCUT2D eigenvalue weighted by Gasteiger charge is 2.29. The third kappa shape index (κ3) is 3.66. The van der Waals surface area contributed by atoms with Crippen LogP contribution in [0.25, 0.3) is 0 Å². The molecule has 0 aromatic heterocycles. The number of hydrogen-bond donors (Lipinski definition) is 0. The molecule has 1 aliphatic heterocycles. The first-order valence-corrected chi connectivity index (χ1v) is 7.30. The molecule has 116 valence electrons. The molecule has 1 heterocycles. The SMILES string of the molecule is CC(C(=O)c1ccc(F)cc1F)N1CCCC(N(C)C)C1. The molecule has 0 saturated carbocycles. The maximum atomic E-state index is 13.7. The number of benzene rings is 1. The topological polar surface area (TPSA) is 23.6 Å². The summed E-state index contributed by atoms with van der Waals surface area (Å²) in [7, 11) is 4.06. The second-order valence-electron chi connectivity index (χ2n) is 5.92. The van der Waals surface area contributed by atoms with Gasteiger partial charge in [-0.15, -0.1) is 0 Å². The van der Waals surface area contributed by atoms with Gasteiger partial charge < -0.3 is 4.90 Å². The van der Waals surface area contributed by atoms with Crippen LogP contribution in [-0.2, 0) is 0 Å². The van der Waals surface area contributed by atoms with E-state index in [-0.39, 0.29) is 11.3 Å². The van der Waals surface area contributed by atoms with Gasteiger partial charge in [-0.3, -0.25) is 9.69 Å². The van der Waals surface area contributed by atoms with Crippen LogP contribution in [-0.4, -0.2) is 54.9 Å². The van der Waals surface area contributed by atoms with E-state index < -0.39 is 17.7 Å². The van der Waals surface area contributed by atoms with Gasteiger partial charge in [0.25, 0.3) is 0 Å². The zero-order valence-corrected chi connectivity index (χ0v) is 12.8. The molecule has 0 N–H and O–H groups in total. The van der Waals surface area contributed by atoms with Crippen molar-refractivity contribution in [2.24, 2.45) is 0 Å². The molecule has 1 aliphatic rings. The Kier molecular flexibility index (Phi) is 5.06. The average molecular weight is 296 g/mol. The molecule has 2 rings (SSSR count). The molecule has 0 spiro atoms. The summed E-state index contributed by atoms with van der Waals surface area (Å²) >= 11 is 0. The van der Waals surface area contributed by atoms with Crippen molar-refractivity contribution < 1.29 is 13.6 Å². The fourth-order valence-corrected chi connectivity index (χ4v) is 2.84. The number of carbonyl (C=O) groups excluding carboxylic acids is 1. The van der Waals surface area contributed by atoms with E-state index in [1.165, 1.54) is 6.07 Å². The van der Waals surface area contributed by atoms with E-state index in [4.69, 9.17) is 0 Å². The number of halogens is 2. The average Bonchev–Trinajstić information content (AvgIpc) is 2.46. The lowest BCUT2D eigenvalue weighted by Gasteiger charge is -2.38. The summed E-state index contributed by atoms with van der Waals surface area (Å²) < 4.78 is 26.7. The summed E-state index contributed by atoms with van der Waals surface area (Å²) in [6.45, 7) is 3.42. The van der Waals surface area contributed by atoms with E-state index in [2.05, 4.69) is 9.80 Å². The molecule has 21 heavy (non-hydrogen) atoms. The third-order valence-electron chi connectivity index (χ3n) is 4.28. The minimum absolute atomic E-state index is 0.0316. The summed E-state index contributed by atoms with van der Waals surface area (Å²) in [5, 5.41) is 0. The second kappa shape index (κ2) is 6.62. The molecule has 2 atom stereocenters. The molecule has 5 heteroatoms. The molecule has 1 saturated heterocycles. The lowest BCUT2D eigenvalue weighted by Crippen LogP contribution is -2.50. The normalized spacial score (nSPS) is 21.5. The largest absolute Gasteiger partial charge is 0.305 e. The molecular weight excluding hydrogens is 274 g/mol.